The molecule has 0 fully saturated rings. The normalized spacial score (nSPS) is 10.5. The topological polar surface area (TPSA) is 35.0 Å². The lowest BCUT2D eigenvalue weighted by Gasteiger charge is -2.02. The van der Waals surface area contributed by atoms with Crippen LogP contribution in [-0.4, -0.2) is 23.7 Å². The van der Waals surface area contributed by atoms with Crippen LogP contribution in [0.25, 0.3) is 11.4 Å². The van der Waals surface area contributed by atoms with Crippen molar-refractivity contribution in [3.05, 3.63) is 47.2 Å². The van der Waals surface area contributed by atoms with Gasteiger partial charge in [0.1, 0.15) is 0 Å². The maximum absolute atomic E-state index is 5.92. The van der Waals surface area contributed by atoms with Gasteiger partial charge in [-0.2, -0.15) is 0 Å². The van der Waals surface area contributed by atoms with Gasteiger partial charge in [-0.05, 0) is 24.1 Å². The molecule has 3 nitrogen and oxygen atoms in total. The van der Waals surface area contributed by atoms with Crippen molar-refractivity contribution < 1.29 is 4.74 Å². The Morgan fingerprint density at radius 3 is 2.65 bits per heavy atom. The molecule has 4 heteroatoms. The van der Waals surface area contributed by atoms with E-state index in [1.54, 1.807) is 7.11 Å². The smallest absolute Gasteiger partial charge is 0.159 e. The minimum atomic E-state index is 0.680. The van der Waals surface area contributed by atoms with Gasteiger partial charge in [-0.3, -0.25) is 0 Å². The summed E-state index contributed by atoms with van der Waals surface area (Å²) in [5, 5.41) is 0.689. The molecule has 0 amide bonds. The van der Waals surface area contributed by atoms with Crippen LogP contribution in [0.2, 0.25) is 5.02 Å². The second-order valence-corrected chi connectivity index (χ2v) is 4.10. The van der Waals surface area contributed by atoms with E-state index in [1.165, 1.54) is 0 Å². The van der Waals surface area contributed by atoms with Crippen molar-refractivity contribution in [2.75, 3.05) is 13.7 Å². The first-order valence-electron chi connectivity index (χ1n) is 5.35. The van der Waals surface area contributed by atoms with Crippen LogP contribution in [0.1, 0.15) is 5.56 Å². The number of halogens is 1. The lowest BCUT2D eigenvalue weighted by Crippen LogP contribution is -1.97. The van der Waals surface area contributed by atoms with Crippen LogP contribution < -0.4 is 0 Å². The highest BCUT2D eigenvalue weighted by Crippen LogP contribution is 2.18. The summed E-state index contributed by atoms with van der Waals surface area (Å²) in [6, 6.07) is 7.51. The monoisotopic (exact) mass is 248 g/mol. The Morgan fingerprint density at radius 2 is 2.00 bits per heavy atom. The van der Waals surface area contributed by atoms with E-state index in [-0.39, 0.29) is 0 Å². The molecule has 1 aromatic carbocycles. The summed E-state index contributed by atoms with van der Waals surface area (Å²) >= 11 is 5.92. The lowest BCUT2D eigenvalue weighted by atomic mass is 10.2. The van der Waals surface area contributed by atoms with Gasteiger partial charge in [0.15, 0.2) is 5.82 Å². The minimum Gasteiger partial charge on any atom is -0.384 e. The number of hydrogen-bond donors (Lipinski definition) is 0. The molecule has 0 N–H and O–H groups in total. The molecule has 1 heterocycles. The van der Waals surface area contributed by atoms with E-state index in [9.17, 15) is 0 Å². The Morgan fingerprint density at radius 1 is 1.24 bits per heavy atom. The molecule has 0 radical (unpaired) electrons. The molecular weight excluding hydrogens is 236 g/mol. The first kappa shape index (κ1) is 12.0. The first-order chi connectivity index (χ1) is 8.29. The van der Waals surface area contributed by atoms with Gasteiger partial charge in [0.05, 0.1) is 6.61 Å². The van der Waals surface area contributed by atoms with Crippen LogP contribution in [0, 0.1) is 0 Å². The zero-order chi connectivity index (χ0) is 12.1. The van der Waals surface area contributed by atoms with Gasteiger partial charge in [0.25, 0.3) is 0 Å². The largest absolute Gasteiger partial charge is 0.384 e. The van der Waals surface area contributed by atoms with Gasteiger partial charge in [0, 0.05) is 30.1 Å². The van der Waals surface area contributed by atoms with Crippen LogP contribution in [0.5, 0.6) is 0 Å². The summed E-state index contributed by atoms with van der Waals surface area (Å²) < 4.78 is 5.00. The number of ether oxygens (including phenoxy) is 1. The lowest BCUT2D eigenvalue weighted by molar-refractivity contribution is 0.202. The zero-order valence-electron chi connectivity index (χ0n) is 9.56. The molecular formula is C13H13ClN2O. The van der Waals surface area contributed by atoms with Crippen molar-refractivity contribution in [2.45, 2.75) is 6.42 Å². The van der Waals surface area contributed by atoms with Crippen molar-refractivity contribution in [3.63, 3.8) is 0 Å². The molecule has 0 bridgehead atoms. The Hall–Kier alpha value is -1.45. The Labute approximate surface area is 105 Å². The minimum absolute atomic E-state index is 0.680. The van der Waals surface area contributed by atoms with Crippen molar-refractivity contribution >= 4 is 11.6 Å². The molecule has 0 aliphatic heterocycles. The average molecular weight is 249 g/mol. The fourth-order valence-electron chi connectivity index (χ4n) is 1.48. The summed E-state index contributed by atoms with van der Waals surface area (Å²) in [4.78, 5) is 8.64. The molecule has 1 aromatic heterocycles. The molecule has 0 aliphatic carbocycles. The molecule has 0 saturated carbocycles. The number of benzene rings is 1. The second kappa shape index (κ2) is 5.75. The van der Waals surface area contributed by atoms with E-state index >= 15 is 0 Å². The number of rotatable bonds is 4. The summed E-state index contributed by atoms with van der Waals surface area (Å²) in [5.74, 6) is 0.689. The van der Waals surface area contributed by atoms with Gasteiger partial charge in [-0.25, -0.2) is 9.97 Å². The molecule has 0 atom stereocenters. The maximum Gasteiger partial charge on any atom is 0.159 e. The van der Waals surface area contributed by atoms with E-state index in [2.05, 4.69) is 9.97 Å². The predicted octanol–water partition coefficient (Wildman–Crippen LogP) is 2.99. The quantitative estimate of drug-likeness (QED) is 0.834. The highest BCUT2D eigenvalue weighted by Gasteiger charge is 2.02. The summed E-state index contributed by atoms with van der Waals surface area (Å²) in [6.07, 6.45) is 4.47. The fourth-order valence-corrected chi connectivity index (χ4v) is 1.67. The van der Waals surface area contributed by atoms with Gasteiger partial charge in [0.2, 0.25) is 0 Å². The summed E-state index contributed by atoms with van der Waals surface area (Å²) in [7, 11) is 1.68. The highest BCUT2D eigenvalue weighted by atomic mass is 35.5. The SMILES string of the molecule is COCCc1cnc(-c2cccc(Cl)c2)nc1. The van der Waals surface area contributed by atoms with Gasteiger partial charge >= 0.3 is 0 Å². The first-order valence-corrected chi connectivity index (χ1v) is 5.73. The third-order valence-electron chi connectivity index (χ3n) is 2.38. The molecule has 2 aromatic rings. The van der Waals surface area contributed by atoms with Crippen LogP contribution in [-0.2, 0) is 11.2 Å². The van der Waals surface area contributed by atoms with E-state index in [0.717, 1.165) is 17.5 Å². The van der Waals surface area contributed by atoms with E-state index in [0.29, 0.717) is 17.5 Å². The molecule has 0 unspecified atom stereocenters. The Bertz CT molecular complexity index is 485. The molecule has 0 saturated heterocycles. The fraction of sp³-hybridized carbons (Fsp3) is 0.231. The Balaban J connectivity index is 2.17. The number of nitrogens with zero attached hydrogens (tertiary/aromatic N) is 2. The third kappa shape index (κ3) is 3.25. The van der Waals surface area contributed by atoms with Crippen molar-refractivity contribution in [1.82, 2.24) is 9.97 Å². The second-order valence-electron chi connectivity index (χ2n) is 3.67. The van der Waals surface area contributed by atoms with E-state index in [4.69, 9.17) is 16.3 Å². The maximum atomic E-state index is 5.92. The zero-order valence-corrected chi connectivity index (χ0v) is 10.3. The molecule has 2 rings (SSSR count). The van der Waals surface area contributed by atoms with Gasteiger partial charge in [-0.15, -0.1) is 0 Å². The predicted molar refractivity (Wildman–Crippen MR) is 68.1 cm³/mol. The van der Waals surface area contributed by atoms with Crippen LogP contribution in [0.15, 0.2) is 36.7 Å². The number of methoxy groups -OCH3 is 1. The van der Waals surface area contributed by atoms with Crippen LogP contribution in [0.3, 0.4) is 0 Å². The van der Waals surface area contributed by atoms with E-state index in [1.807, 2.05) is 36.7 Å². The average Bonchev–Trinajstić information content (AvgIpc) is 2.37. The van der Waals surface area contributed by atoms with Crippen LogP contribution >= 0.6 is 11.6 Å². The summed E-state index contributed by atoms with van der Waals surface area (Å²) in [6.45, 7) is 0.680. The molecule has 88 valence electrons. The highest BCUT2D eigenvalue weighted by molar-refractivity contribution is 6.30. The van der Waals surface area contributed by atoms with Crippen molar-refractivity contribution in [3.8, 4) is 11.4 Å². The standard InChI is InChI=1S/C13H13ClN2O/c1-17-6-5-10-8-15-13(16-9-10)11-3-2-4-12(14)7-11/h2-4,7-9H,5-6H2,1H3. The number of hydrogen-bond acceptors (Lipinski definition) is 3. The third-order valence-corrected chi connectivity index (χ3v) is 2.62. The number of aromatic nitrogens is 2. The van der Waals surface area contributed by atoms with Gasteiger partial charge < -0.3 is 4.74 Å². The van der Waals surface area contributed by atoms with Crippen molar-refractivity contribution in [1.29, 1.82) is 0 Å². The van der Waals surface area contributed by atoms with Gasteiger partial charge in [-0.1, -0.05) is 23.7 Å². The van der Waals surface area contributed by atoms with Crippen molar-refractivity contribution in [2.24, 2.45) is 0 Å². The summed E-state index contributed by atoms with van der Waals surface area (Å²) in [5.41, 5.74) is 1.99. The molecule has 0 aliphatic rings. The van der Waals surface area contributed by atoms with E-state index < -0.39 is 0 Å². The molecule has 17 heavy (non-hydrogen) atoms. The Kier molecular flexibility index (Phi) is 4.07. The van der Waals surface area contributed by atoms with Crippen LogP contribution in [0.4, 0.5) is 0 Å². The molecule has 0 spiro atoms.